The molecule has 1 unspecified atom stereocenters. The zero-order valence-corrected chi connectivity index (χ0v) is 9.61. The number of esters is 1. The first-order chi connectivity index (χ1) is 6.81. The van der Waals surface area contributed by atoms with Gasteiger partial charge >= 0.3 is 11.9 Å². The number of hydrogen-bond donors (Lipinski definition) is 1. The van der Waals surface area contributed by atoms with Crippen LogP contribution in [0.3, 0.4) is 0 Å². The predicted molar refractivity (Wildman–Crippen MR) is 56.4 cm³/mol. The molecule has 0 saturated carbocycles. The molecule has 0 heterocycles. The standard InChI is InChI=1S/C11H18O4/c1-5-11(4,8(2)3)15-10(14)7-6-9(12)13/h6-8H,5H2,1-4H3,(H,12,13)/b7-6+. The number of aliphatic carboxylic acids is 1. The van der Waals surface area contributed by atoms with Crippen LogP contribution in [-0.4, -0.2) is 22.6 Å². The largest absolute Gasteiger partial charge is 0.478 e. The van der Waals surface area contributed by atoms with Gasteiger partial charge in [0.25, 0.3) is 0 Å². The molecule has 0 spiro atoms. The Balaban J connectivity index is 4.44. The van der Waals surface area contributed by atoms with E-state index in [-0.39, 0.29) is 5.92 Å². The fraction of sp³-hybridized carbons (Fsp3) is 0.636. The lowest BCUT2D eigenvalue weighted by molar-refractivity contribution is -0.157. The number of carboxylic acid groups (broad SMARTS) is 1. The van der Waals surface area contributed by atoms with Crippen LogP contribution in [0, 0.1) is 5.92 Å². The van der Waals surface area contributed by atoms with Crippen LogP contribution in [0.5, 0.6) is 0 Å². The van der Waals surface area contributed by atoms with Gasteiger partial charge < -0.3 is 9.84 Å². The molecule has 0 rings (SSSR count). The van der Waals surface area contributed by atoms with Crippen molar-refractivity contribution in [1.29, 1.82) is 0 Å². The highest BCUT2D eigenvalue weighted by Crippen LogP contribution is 2.25. The fourth-order valence-corrected chi connectivity index (χ4v) is 1.00. The highest BCUT2D eigenvalue weighted by atomic mass is 16.6. The molecule has 0 aromatic carbocycles. The third-order valence-corrected chi connectivity index (χ3v) is 2.62. The minimum Gasteiger partial charge on any atom is -0.478 e. The Hall–Kier alpha value is -1.32. The van der Waals surface area contributed by atoms with E-state index < -0.39 is 17.5 Å². The summed E-state index contributed by atoms with van der Waals surface area (Å²) in [5.41, 5.74) is -0.542. The Morgan fingerprint density at radius 2 is 1.93 bits per heavy atom. The van der Waals surface area contributed by atoms with Crippen LogP contribution in [0.1, 0.15) is 34.1 Å². The van der Waals surface area contributed by atoms with Gasteiger partial charge in [-0.25, -0.2) is 9.59 Å². The summed E-state index contributed by atoms with van der Waals surface area (Å²) >= 11 is 0. The van der Waals surface area contributed by atoms with Gasteiger partial charge in [0.2, 0.25) is 0 Å². The van der Waals surface area contributed by atoms with E-state index >= 15 is 0 Å². The molecule has 4 nitrogen and oxygen atoms in total. The Morgan fingerprint density at radius 3 is 2.27 bits per heavy atom. The van der Waals surface area contributed by atoms with Crippen molar-refractivity contribution in [2.75, 3.05) is 0 Å². The number of carboxylic acids is 1. The summed E-state index contributed by atoms with van der Waals surface area (Å²) in [5.74, 6) is -1.59. The second-order valence-corrected chi connectivity index (χ2v) is 3.91. The summed E-state index contributed by atoms with van der Waals surface area (Å²) in [6.45, 7) is 7.67. The molecule has 1 N–H and O–H groups in total. The average Bonchev–Trinajstić information content (AvgIpc) is 2.14. The molecule has 0 aromatic rings. The molecule has 86 valence electrons. The van der Waals surface area contributed by atoms with Crippen molar-refractivity contribution in [3.63, 3.8) is 0 Å². The van der Waals surface area contributed by atoms with Crippen molar-refractivity contribution >= 4 is 11.9 Å². The first-order valence-corrected chi connectivity index (χ1v) is 4.95. The third kappa shape index (κ3) is 4.63. The summed E-state index contributed by atoms with van der Waals surface area (Å²) in [4.78, 5) is 21.4. The lowest BCUT2D eigenvalue weighted by Gasteiger charge is -2.31. The molecular weight excluding hydrogens is 196 g/mol. The second kappa shape index (κ2) is 5.53. The smallest absolute Gasteiger partial charge is 0.331 e. The van der Waals surface area contributed by atoms with E-state index in [0.717, 1.165) is 12.2 Å². The van der Waals surface area contributed by atoms with E-state index in [0.29, 0.717) is 6.42 Å². The molecular formula is C11H18O4. The highest BCUT2D eigenvalue weighted by Gasteiger charge is 2.29. The lowest BCUT2D eigenvalue weighted by atomic mass is 9.89. The van der Waals surface area contributed by atoms with Crippen LogP contribution in [0.2, 0.25) is 0 Å². The Labute approximate surface area is 89.9 Å². The van der Waals surface area contributed by atoms with Crippen molar-refractivity contribution in [2.45, 2.75) is 39.7 Å². The minimum atomic E-state index is -1.16. The van der Waals surface area contributed by atoms with Gasteiger partial charge in [-0.05, 0) is 19.3 Å². The first kappa shape index (κ1) is 13.7. The van der Waals surface area contributed by atoms with Crippen molar-refractivity contribution < 1.29 is 19.4 Å². The van der Waals surface area contributed by atoms with Gasteiger partial charge in [-0.3, -0.25) is 0 Å². The SMILES string of the molecule is CCC(C)(OC(=O)/C=C/C(=O)O)C(C)C. The van der Waals surface area contributed by atoms with Crippen LogP contribution in [-0.2, 0) is 14.3 Å². The molecule has 0 bridgehead atoms. The quantitative estimate of drug-likeness (QED) is 0.561. The van der Waals surface area contributed by atoms with Crippen LogP contribution < -0.4 is 0 Å². The van der Waals surface area contributed by atoms with Gasteiger partial charge in [0, 0.05) is 12.2 Å². The molecule has 0 amide bonds. The minimum absolute atomic E-state index is 0.185. The van der Waals surface area contributed by atoms with Gasteiger partial charge in [-0.1, -0.05) is 20.8 Å². The number of hydrogen-bond acceptors (Lipinski definition) is 3. The van der Waals surface area contributed by atoms with Crippen LogP contribution in [0.15, 0.2) is 12.2 Å². The number of carbonyl (C=O) groups is 2. The summed E-state index contributed by atoms with van der Waals surface area (Å²) < 4.78 is 5.21. The van der Waals surface area contributed by atoms with Gasteiger partial charge in [-0.2, -0.15) is 0 Å². The van der Waals surface area contributed by atoms with Crippen LogP contribution in [0.25, 0.3) is 0 Å². The number of rotatable bonds is 5. The molecule has 0 aromatic heterocycles. The zero-order valence-electron chi connectivity index (χ0n) is 9.61. The lowest BCUT2D eigenvalue weighted by Crippen LogP contribution is -2.36. The third-order valence-electron chi connectivity index (χ3n) is 2.62. The fourth-order valence-electron chi connectivity index (χ4n) is 1.00. The molecule has 4 heteroatoms. The summed E-state index contributed by atoms with van der Waals surface area (Å²) in [6.07, 6.45) is 2.40. The maximum atomic E-state index is 11.3. The van der Waals surface area contributed by atoms with E-state index in [1.807, 2.05) is 27.7 Å². The highest BCUT2D eigenvalue weighted by molar-refractivity contribution is 5.90. The maximum Gasteiger partial charge on any atom is 0.331 e. The molecule has 0 radical (unpaired) electrons. The topological polar surface area (TPSA) is 63.6 Å². The van der Waals surface area contributed by atoms with Crippen molar-refractivity contribution in [3.8, 4) is 0 Å². The molecule has 15 heavy (non-hydrogen) atoms. The maximum absolute atomic E-state index is 11.3. The van der Waals surface area contributed by atoms with Gasteiger partial charge in [0.15, 0.2) is 0 Å². The summed E-state index contributed by atoms with van der Waals surface area (Å²) in [5, 5.41) is 8.33. The molecule has 0 saturated heterocycles. The number of carbonyl (C=O) groups excluding carboxylic acids is 1. The van der Waals surface area contributed by atoms with E-state index in [1.165, 1.54) is 0 Å². The van der Waals surface area contributed by atoms with Crippen molar-refractivity contribution in [3.05, 3.63) is 12.2 Å². The van der Waals surface area contributed by atoms with E-state index in [4.69, 9.17) is 9.84 Å². The predicted octanol–water partition coefficient (Wildman–Crippen LogP) is 2.00. The van der Waals surface area contributed by atoms with Crippen LogP contribution >= 0.6 is 0 Å². The van der Waals surface area contributed by atoms with E-state index in [2.05, 4.69) is 0 Å². The van der Waals surface area contributed by atoms with E-state index in [1.54, 1.807) is 0 Å². The Bertz CT molecular complexity index is 268. The molecule has 0 fully saturated rings. The molecule has 1 atom stereocenters. The zero-order chi connectivity index (χ0) is 12.1. The number of ether oxygens (including phenoxy) is 1. The summed E-state index contributed by atoms with van der Waals surface area (Å²) in [7, 11) is 0. The monoisotopic (exact) mass is 214 g/mol. The van der Waals surface area contributed by atoms with Gasteiger partial charge in [0.1, 0.15) is 5.60 Å². The Morgan fingerprint density at radius 1 is 1.40 bits per heavy atom. The molecule has 0 aliphatic carbocycles. The first-order valence-electron chi connectivity index (χ1n) is 4.95. The normalized spacial score (nSPS) is 15.3. The van der Waals surface area contributed by atoms with Gasteiger partial charge in [0.05, 0.1) is 0 Å². The van der Waals surface area contributed by atoms with E-state index in [9.17, 15) is 9.59 Å². The average molecular weight is 214 g/mol. The Kier molecular flexibility index (Phi) is 5.05. The molecule has 0 aliphatic rings. The molecule has 0 aliphatic heterocycles. The van der Waals surface area contributed by atoms with Crippen LogP contribution in [0.4, 0.5) is 0 Å². The summed E-state index contributed by atoms with van der Waals surface area (Å²) in [6, 6.07) is 0. The second-order valence-electron chi connectivity index (χ2n) is 3.91. The van der Waals surface area contributed by atoms with Crippen molar-refractivity contribution in [1.82, 2.24) is 0 Å². The van der Waals surface area contributed by atoms with Gasteiger partial charge in [-0.15, -0.1) is 0 Å². The van der Waals surface area contributed by atoms with Crippen molar-refractivity contribution in [2.24, 2.45) is 5.92 Å².